The van der Waals surface area contributed by atoms with Crippen LogP contribution in [0, 0.1) is 5.92 Å². The molecule has 104 valence electrons. The van der Waals surface area contributed by atoms with Crippen LogP contribution in [0.15, 0.2) is 12.4 Å². The number of esters is 1. The maximum absolute atomic E-state index is 11.5. The van der Waals surface area contributed by atoms with E-state index in [9.17, 15) is 4.79 Å². The van der Waals surface area contributed by atoms with Gasteiger partial charge in [0.1, 0.15) is 5.82 Å². The van der Waals surface area contributed by atoms with Gasteiger partial charge < -0.3 is 14.4 Å². The van der Waals surface area contributed by atoms with Crippen LogP contribution >= 0.6 is 0 Å². The first-order chi connectivity index (χ1) is 9.15. The average molecular weight is 265 g/mol. The molecule has 1 aliphatic rings. The highest BCUT2D eigenvalue weighted by Crippen LogP contribution is 2.23. The lowest BCUT2D eigenvalue weighted by atomic mass is 9.96. The van der Waals surface area contributed by atoms with Crippen molar-refractivity contribution < 1.29 is 14.3 Å². The number of ether oxygens (including phenoxy) is 2. The number of aromatic nitrogens is 2. The normalized spacial score (nSPS) is 23.2. The van der Waals surface area contributed by atoms with Crippen molar-refractivity contribution in [3.63, 3.8) is 0 Å². The number of nitrogens with zero attached hydrogens (tertiary/aromatic N) is 3. The Morgan fingerprint density at radius 2 is 2.21 bits per heavy atom. The van der Waals surface area contributed by atoms with Crippen LogP contribution in [0.25, 0.3) is 0 Å². The summed E-state index contributed by atoms with van der Waals surface area (Å²) >= 11 is 0. The molecule has 1 saturated heterocycles. The van der Waals surface area contributed by atoms with Crippen LogP contribution in [-0.2, 0) is 9.47 Å². The third-order valence-corrected chi connectivity index (χ3v) is 3.53. The zero-order chi connectivity index (χ0) is 13.8. The Hall–Kier alpha value is -1.69. The van der Waals surface area contributed by atoms with E-state index in [1.54, 1.807) is 13.3 Å². The van der Waals surface area contributed by atoms with E-state index in [1.165, 1.54) is 13.3 Å². The van der Waals surface area contributed by atoms with Crippen LogP contribution in [0.2, 0.25) is 0 Å². The van der Waals surface area contributed by atoms with Gasteiger partial charge in [-0.05, 0) is 12.3 Å². The first-order valence-electron chi connectivity index (χ1n) is 6.33. The highest BCUT2D eigenvalue weighted by molar-refractivity contribution is 5.87. The lowest BCUT2D eigenvalue weighted by molar-refractivity contribution is 0.0496. The first-order valence-corrected chi connectivity index (χ1v) is 6.33. The van der Waals surface area contributed by atoms with E-state index < -0.39 is 5.97 Å². The quantitative estimate of drug-likeness (QED) is 0.763. The Labute approximate surface area is 112 Å². The second-order valence-corrected chi connectivity index (χ2v) is 4.74. The summed E-state index contributed by atoms with van der Waals surface area (Å²) in [4.78, 5) is 21.9. The molecule has 1 fully saturated rings. The van der Waals surface area contributed by atoms with Gasteiger partial charge in [0.2, 0.25) is 0 Å². The molecule has 1 aliphatic heterocycles. The summed E-state index contributed by atoms with van der Waals surface area (Å²) in [6.07, 6.45) is 4.28. The minimum atomic E-state index is -0.469. The van der Waals surface area contributed by atoms with Crippen molar-refractivity contribution >= 4 is 11.8 Å². The third-order valence-electron chi connectivity index (χ3n) is 3.53. The van der Waals surface area contributed by atoms with E-state index in [0.29, 0.717) is 11.7 Å². The topological polar surface area (TPSA) is 64.5 Å². The van der Waals surface area contributed by atoms with Gasteiger partial charge in [0.05, 0.1) is 25.6 Å². The molecule has 0 spiro atoms. The first kappa shape index (κ1) is 13.7. The Bertz CT molecular complexity index is 453. The lowest BCUT2D eigenvalue weighted by Gasteiger charge is -2.36. The fourth-order valence-electron chi connectivity index (χ4n) is 2.26. The van der Waals surface area contributed by atoms with Gasteiger partial charge in [-0.1, -0.05) is 6.92 Å². The predicted octanol–water partition coefficient (Wildman–Crippen LogP) is 1.12. The van der Waals surface area contributed by atoms with Crippen LogP contribution in [-0.4, -0.2) is 49.4 Å². The van der Waals surface area contributed by atoms with Gasteiger partial charge in [-0.15, -0.1) is 0 Å². The second-order valence-electron chi connectivity index (χ2n) is 4.74. The minimum Gasteiger partial charge on any atom is -0.464 e. The van der Waals surface area contributed by atoms with Gasteiger partial charge in [0.15, 0.2) is 5.69 Å². The molecular formula is C13H19N3O3. The van der Waals surface area contributed by atoms with E-state index in [-0.39, 0.29) is 11.8 Å². The average Bonchev–Trinajstić information content (AvgIpc) is 2.47. The van der Waals surface area contributed by atoms with Gasteiger partial charge >= 0.3 is 5.97 Å². The highest BCUT2D eigenvalue weighted by atomic mass is 16.5. The number of carbonyl (C=O) groups excluding carboxylic acids is 1. The summed E-state index contributed by atoms with van der Waals surface area (Å²) in [7, 11) is 3.06. The molecule has 2 heterocycles. The third kappa shape index (κ3) is 3.01. The van der Waals surface area contributed by atoms with E-state index in [0.717, 1.165) is 19.5 Å². The van der Waals surface area contributed by atoms with E-state index in [2.05, 4.69) is 26.5 Å². The van der Waals surface area contributed by atoms with E-state index in [1.807, 2.05) is 0 Å². The monoisotopic (exact) mass is 265 g/mol. The Kier molecular flexibility index (Phi) is 4.31. The molecule has 6 heteroatoms. The molecule has 0 bridgehead atoms. The molecule has 19 heavy (non-hydrogen) atoms. The van der Waals surface area contributed by atoms with Crippen molar-refractivity contribution in [3.8, 4) is 0 Å². The zero-order valence-electron chi connectivity index (χ0n) is 11.5. The molecule has 6 nitrogen and oxygen atoms in total. The summed E-state index contributed by atoms with van der Waals surface area (Å²) < 4.78 is 10.1. The maximum Gasteiger partial charge on any atom is 0.358 e. The molecule has 0 aliphatic carbocycles. The minimum absolute atomic E-state index is 0.178. The van der Waals surface area contributed by atoms with Crippen LogP contribution in [0.1, 0.15) is 23.8 Å². The number of methoxy groups -OCH3 is 2. The zero-order valence-corrected chi connectivity index (χ0v) is 11.5. The second kappa shape index (κ2) is 5.97. The number of hydrogen-bond acceptors (Lipinski definition) is 6. The highest BCUT2D eigenvalue weighted by Gasteiger charge is 2.27. The molecular weight excluding hydrogens is 246 g/mol. The molecule has 1 aromatic heterocycles. The number of carbonyl (C=O) groups is 1. The maximum atomic E-state index is 11.5. The molecule has 0 aromatic carbocycles. The molecule has 0 amide bonds. The summed E-state index contributed by atoms with van der Waals surface area (Å²) in [6, 6.07) is 0. The lowest BCUT2D eigenvalue weighted by Crippen LogP contribution is -2.44. The number of hydrogen-bond donors (Lipinski definition) is 0. The van der Waals surface area contributed by atoms with E-state index in [4.69, 9.17) is 4.74 Å². The van der Waals surface area contributed by atoms with Gasteiger partial charge in [-0.25, -0.2) is 9.78 Å². The Balaban J connectivity index is 2.15. The molecule has 0 N–H and O–H groups in total. The van der Waals surface area contributed by atoms with Crippen molar-refractivity contribution in [1.29, 1.82) is 0 Å². The SMILES string of the molecule is COC(=O)c1cncc(N2CCC(C)C(OC)C2)n1. The van der Waals surface area contributed by atoms with Crippen molar-refractivity contribution in [2.75, 3.05) is 32.2 Å². The van der Waals surface area contributed by atoms with Crippen molar-refractivity contribution in [2.24, 2.45) is 5.92 Å². The van der Waals surface area contributed by atoms with Crippen LogP contribution in [0.3, 0.4) is 0 Å². The predicted molar refractivity (Wildman–Crippen MR) is 70.2 cm³/mol. The van der Waals surface area contributed by atoms with Crippen molar-refractivity contribution in [1.82, 2.24) is 9.97 Å². The number of rotatable bonds is 3. The van der Waals surface area contributed by atoms with Crippen LogP contribution in [0.5, 0.6) is 0 Å². The number of anilines is 1. The summed E-state index contributed by atoms with van der Waals surface area (Å²) in [6.45, 7) is 3.83. The van der Waals surface area contributed by atoms with Crippen LogP contribution in [0.4, 0.5) is 5.82 Å². The molecule has 2 unspecified atom stereocenters. The standard InChI is InChI=1S/C13H19N3O3/c1-9-4-5-16(8-11(9)18-2)12-7-14-6-10(15-12)13(17)19-3/h6-7,9,11H,4-5,8H2,1-3H3. The fourth-order valence-corrected chi connectivity index (χ4v) is 2.26. The van der Waals surface area contributed by atoms with Gasteiger partial charge in [0, 0.05) is 20.2 Å². The summed E-state index contributed by atoms with van der Waals surface area (Å²) in [5.74, 6) is 0.748. The molecule has 1 aromatic rings. The summed E-state index contributed by atoms with van der Waals surface area (Å²) in [5, 5.41) is 0. The van der Waals surface area contributed by atoms with Crippen molar-refractivity contribution in [3.05, 3.63) is 18.1 Å². The summed E-state index contributed by atoms with van der Waals surface area (Å²) in [5.41, 5.74) is 0.229. The van der Waals surface area contributed by atoms with Gasteiger partial charge in [0.25, 0.3) is 0 Å². The smallest absolute Gasteiger partial charge is 0.358 e. The largest absolute Gasteiger partial charge is 0.464 e. The molecule has 2 rings (SSSR count). The fraction of sp³-hybridized carbons (Fsp3) is 0.615. The van der Waals surface area contributed by atoms with Crippen LogP contribution < -0.4 is 4.90 Å². The van der Waals surface area contributed by atoms with Gasteiger partial charge in [-0.2, -0.15) is 0 Å². The Morgan fingerprint density at radius 3 is 2.89 bits per heavy atom. The molecule has 0 saturated carbocycles. The van der Waals surface area contributed by atoms with Crippen molar-refractivity contribution in [2.45, 2.75) is 19.4 Å². The van der Waals surface area contributed by atoms with Gasteiger partial charge in [-0.3, -0.25) is 4.98 Å². The number of piperidine rings is 1. The molecule has 0 radical (unpaired) electrons. The van der Waals surface area contributed by atoms with E-state index >= 15 is 0 Å². The molecule has 2 atom stereocenters. The Morgan fingerprint density at radius 1 is 1.42 bits per heavy atom.